The number of piperazine rings is 1. The molecule has 0 spiro atoms. The van der Waals surface area contributed by atoms with Gasteiger partial charge in [-0.05, 0) is 53.8 Å². The zero-order chi connectivity index (χ0) is 31.7. The van der Waals surface area contributed by atoms with E-state index in [0.717, 1.165) is 22.9 Å². The predicted molar refractivity (Wildman–Crippen MR) is 161 cm³/mol. The first-order chi connectivity index (χ1) is 21.1. The average molecular weight is 609 g/mol. The Morgan fingerprint density at radius 3 is 2.25 bits per heavy atom. The molecule has 2 N–H and O–H groups in total. The highest BCUT2D eigenvalue weighted by molar-refractivity contribution is 6.07. The Balaban J connectivity index is 1.41. The maximum absolute atomic E-state index is 13.6. The summed E-state index contributed by atoms with van der Waals surface area (Å²) in [5, 5.41) is 7.10. The molecule has 1 heterocycles. The number of alkyl halides is 3. The van der Waals surface area contributed by atoms with Gasteiger partial charge in [0.1, 0.15) is 6.04 Å². The van der Waals surface area contributed by atoms with Crippen LogP contribution >= 0.6 is 0 Å². The molecule has 1 saturated heterocycles. The van der Waals surface area contributed by atoms with Gasteiger partial charge in [-0.25, -0.2) is 0 Å². The molecular formula is C33H35F3N4O4. The van der Waals surface area contributed by atoms with Crippen LogP contribution in [0.5, 0.6) is 0 Å². The van der Waals surface area contributed by atoms with Crippen LogP contribution in [0.25, 0.3) is 10.8 Å². The number of rotatable bonds is 11. The third kappa shape index (κ3) is 8.24. The summed E-state index contributed by atoms with van der Waals surface area (Å²) in [5.74, 6) is -1.53. The minimum absolute atomic E-state index is 0.136. The number of halogens is 3. The molecule has 0 aromatic heterocycles. The van der Waals surface area contributed by atoms with Crippen LogP contribution in [-0.4, -0.2) is 72.2 Å². The van der Waals surface area contributed by atoms with Gasteiger partial charge in [-0.2, -0.15) is 13.2 Å². The van der Waals surface area contributed by atoms with Crippen LogP contribution in [0.2, 0.25) is 0 Å². The first kappa shape index (κ1) is 32.2. The van der Waals surface area contributed by atoms with Gasteiger partial charge < -0.3 is 20.4 Å². The van der Waals surface area contributed by atoms with Crippen LogP contribution < -0.4 is 10.6 Å². The van der Waals surface area contributed by atoms with Gasteiger partial charge in [0.25, 0.3) is 5.91 Å². The van der Waals surface area contributed by atoms with Crippen molar-refractivity contribution in [2.24, 2.45) is 0 Å². The molecule has 1 fully saturated rings. The van der Waals surface area contributed by atoms with E-state index in [1.807, 2.05) is 36.4 Å². The van der Waals surface area contributed by atoms with Crippen LogP contribution in [-0.2, 0) is 27.0 Å². The summed E-state index contributed by atoms with van der Waals surface area (Å²) in [6, 6.07) is 17.0. The van der Waals surface area contributed by atoms with Crippen LogP contribution in [0.4, 0.5) is 13.2 Å². The van der Waals surface area contributed by atoms with E-state index in [1.165, 1.54) is 18.2 Å². The van der Waals surface area contributed by atoms with Gasteiger partial charge in [0.15, 0.2) is 0 Å². The minimum Gasteiger partial charge on any atom is -0.353 e. The number of benzene rings is 3. The third-order valence-electron chi connectivity index (χ3n) is 7.61. The molecular weight excluding hydrogens is 573 g/mol. The van der Waals surface area contributed by atoms with Gasteiger partial charge in [0.05, 0.1) is 12.0 Å². The lowest BCUT2D eigenvalue weighted by atomic mass is 10.0. The SMILES string of the molecule is C=CC(=O)NCCCC[C@H](NC(=O)Cc1ccccc1C(F)(F)F)C(=O)N1CCN(C(=O)c2cccc3ccccc23)CC1. The second-order valence-corrected chi connectivity index (χ2v) is 10.6. The number of amides is 4. The lowest BCUT2D eigenvalue weighted by Crippen LogP contribution is -2.56. The molecule has 4 amide bonds. The number of nitrogens with one attached hydrogen (secondary N) is 2. The Hall–Kier alpha value is -4.67. The molecule has 1 atom stereocenters. The van der Waals surface area contributed by atoms with Crippen LogP contribution in [0.15, 0.2) is 79.4 Å². The normalized spacial score (nSPS) is 14.2. The van der Waals surface area contributed by atoms with Gasteiger partial charge >= 0.3 is 6.18 Å². The van der Waals surface area contributed by atoms with Crippen LogP contribution in [0.3, 0.4) is 0 Å². The molecule has 0 saturated carbocycles. The molecule has 1 aliphatic heterocycles. The van der Waals surface area contributed by atoms with Crippen molar-refractivity contribution >= 4 is 34.4 Å². The Kier molecular flexibility index (Phi) is 10.8. The summed E-state index contributed by atoms with van der Waals surface area (Å²) in [6.45, 7) is 4.81. The average Bonchev–Trinajstić information content (AvgIpc) is 3.02. The molecule has 3 aromatic rings. The molecule has 1 aliphatic rings. The number of carbonyl (C=O) groups is 4. The van der Waals surface area contributed by atoms with Crippen LogP contribution in [0, 0.1) is 0 Å². The molecule has 0 radical (unpaired) electrons. The summed E-state index contributed by atoms with van der Waals surface area (Å²) in [6.07, 6.45) is -2.80. The van der Waals surface area contributed by atoms with Crippen molar-refractivity contribution in [3.63, 3.8) is 0 Å². The molecule has 232 valence electrons. The van der Waals surface area contributed by atoms with Crippen molar-refractivity contribution in [1.82, 2.24) is 20.4 Å². The lowest BCUT2D eigenvalue weighted by Gasteiger charge is -2.36. The second-order valence-electron chi connectivity index (χ2n) is 10.6. The molecule has 11 heteroatoms. The molecule has 44 heavy (non-hydrogen) atoms. The fraction of sp³-hybridized carbons (Fsp3) is 0.333. The molecule has 0 unspecified atom stereocenters. The van der Waals surface area contributed by atoms with E-state index in [2.05, 4.69) is 17.2 Å². The topological polar surface area (TPSA) is 98.8 Å². The second kappa shape index (κ2) is 14.7. The minimum atomic E-state index is -4.62. The van der Waals surface area contributed by atoms with E-state index in [-0.39, 0.29) is 42.8 Å². The lowest BCUT2D eigenvalue weighted by molar-refractivity contribution is -0.139. The van der Waals surface area contributed by atoms with E-state index in [0.29, 0.717) is 38.0 Å². The first-order valence-electron chi connectivity index (χ1n) is 14.5. The van der Waals surface area contributed by atoms with E-state index < -0.39 is 30.1 Å². The van der Waals surface area contributed by atoms with Gasteiger partial charge in [0.2, 0.25) is 17.7 Å². The molecule has 0 aliphatic carbocycles. The van der Waals surface area contributed by atoms with Gasteiger partial charge in [-0.3, -0.25) is 19.2 Å². The zero-order valence-electron chi connectivity index (χ0n) is 24.2. The van der Waals surface area contributed by atoms with Gasteiger partial charge in [-0.1, -0.05) is 61.2 Å². The Bertz CT molecular complexity index is 1510. The molecule has 4 rings (SSSR count). The highest BCUT2D eigenvalue weighted by atomic mass is 19.4. The van der Waals surface area contributed by atoms with E-state index in [9.17, 15) is 32.3 Å². The maximum atomic E-state index is 13.6. The number of nitrogens with zero attached hydrogens (tertiary/aromatic N) is 2. The summed E-state index contributed by atoms with van der Waals surface area (Å²) in [4.78, 5) is 54.6. The Morgan fingerprint density at radius 2 is 1.52 bits per heavy atom. The van der Waals surface area contributed by atoms with Crippen LogP contribution in [0.1, 0.15) is 40.7 Å². The molecule has 3 aromatic carbocycles. The molecule has 8 nitrogen and oxygen atoms in total. The number of hydrogen-bond donors (Lipinski definition) is 2. The molecule has 0 bridgehead atoms. The number of unbranched alkanes of at least 4 members (excludes halogenated alkanes) is 1. The van der Waals surface area contributed by atoms with Crippen molar-refractivity contribution < 1.29 is 32.3 Å². The zero-order valence-corrected chi connectivity index (χ0v) is 24.2. The van der Waals surface area contributed by atoms with Crippen molar-refractivity contribution in [1.29, 1.82) is 0 Å². The van der Waals surface area contributed by atoms with Crippen molar-refractivity contribution in [2.45, 2.75) is 37.9 Å². The third-order valence-corrected chi connectivity index (χ3v) is 7.61. The highest BCUT2D eigenvalue weighted by Crippen LogP contribution is 2.32. The monoisotopic (exact) mass is 608 g/mol. The highest BCUT2D eigenvalue weighted by Gasteiger charge is 2.34. The smallest absolute Gasteiger partial charge is 0.353 e. The van der Waals surface area contributed by atoms with Crippen molar-refractivity contribution in [2.75, 3.05) is 32.7 Å². The number of carbonyl (C=O) groups excluding carboxylic acids is 4. The predicted octanol–water partition coefficient (Wildman–Crippen LogP) is 4.34. The number of fused-ring (bicyclic) bond motifs is 1. The first-order valence-corrected chi connectivity index (χ1v) is 14.5. The van der Waals surface area contributed by atoms with E-state index >= 15 is 0 Å². The summed E-state index contributed by atoms with van der Waals surface area (Å²) < 4.78 is 40.4. The van der Waals surface area contributed by atoms with Gasteiger partial charge in [-0.15, -0.1) is 0 Å². The van der Waals surface area contributed by atoms with Crippen molar-refractivity contribution in [3.05, 3.63) is 96.1 Å². The fourth-order valence-corrected chi connectivity index (χ4v) is 5.32. The largest absolute Gasteiger partial charge is 0.416 e. The van der Waals surface area contributed by atoms with E-state index in [1.54, 1.807) is 15.9 Å². The Labute approximate surface area is 253 Å². The standard InChI is InChI=1S/C33H35F3N4O4/c1-2-29(41)37-17-8-7-16-28(38-30(42)22-24-11-4-6-15-27(24)33(34,35)36)32(44)40-20-18-39(19-21-40)31(43)26-14-9-12-23-10-3-5-13-25(23)26/h2-6,9-15,28H,1,7-8,16-22H2,(H,37,41)(H,38,42)/t28-/m0/s1. The van der Waals surface area contributed by atoms with Gasteiger partial charge in [0, 0.05) is 38.3 Å². The fourth-order valence-electron chi connectivity index (χ4n) is 5.32. The van der Waals surface area contributed by atoms with E-state index in [4.69, 9.17) is 0 Å². The summed E-state index contributed by atoms with van der Waals surface area (Å²) in [5.41, 5.74) is -0.505. The van der Waals surface area contributed by atoms with Crippen molar-refractivity contribution in [3.8, 4) is 0 Å². The summed E-state index contributed by atoms with van der Waals surface area (Å²) >= 11 is 0. The quantitative estimate of drug-likeness (QED) is 0.250. The Morgan fingerprint density at radius 1 is 0.864 bits per heavy atom. The maximum Gasteiger partial charge on any atom is 0.416 e. The number of hydrogen-bond acceptors (Lipinski definition) is 4. The summed E-state index contributed by atoms with van der Waals surface area (Å²) in [7, 11) is 0.